The van der Waals surface area contributed by atoms with Crippen LogP contribution in [0.15, 0.2) is 76.3 Å². The fraction of sp³-hybridized carbons (Fsp3) is 0.130. The molecule has 0 spiro atoms. The van der Waals surface area contributed by atoms with Crippen LogP contribution in [0, 0.1) is 10.5 Å². The summed E-state index contributed by atoms with van der Waals surface area (Å²) in [5, 5.41) is 7.07. The molecule has 5 nitrogen and oxygen atoms in total. The Morgan fingerprint density at radius 2 is 1.83 bits per heavy atom. The predicted molar refractivity (Wildman–Crippen MR) is 133 cm³/mol. The smallest absolute Gasteiger partial charge is 0.259 e. The zero-order valence-corrected chi connectivity index (χ0v) is 20.1. The van der Waals surface area contributed by atoms with Gasteiger partial charge in [-0.1, -0.05) is 29.8 Å². The first-order chi connectivity index (χ1) is 14.5. The van der Waals surface area contributed by atoms with Gasteiger partial charge in [0.15, 0.2) is 0 Å². The Kier molecular flexibility index (Phi) is 8.27. The lowest BCUT2D eigenvalue weighted by molar-refractivity contribution is -0.119. The summed E-state index contributed by atoms with van der Waals surface area (Å²) in [5.41, 5.74) is 6.58. The Labute approximate surface area is 198 Å². The van der Waals surface area contributed by atoms with Crippen molar-refractivity contribution in [2.75, 3.05) is 11.9 Å². The molecule has 0 atom stereocenters. The van der Waals surface area contributed by atoms with Crippen LogP contribution in [0.4, 0.5) is 5.69 Å². The molecule has 1 amide bonds. The SMILES string of the molecule is Cc1ccc(COc2ccc(/C=N\NC(=O)CNc3ccc(I)cc3)cc2Br)cc1. The topological polar surface area (TPSA) is 62.7 Å². The van der Waals surface area contributed by atoms with Gasteiger partial charge in [-0.15, -0.1) is 0 Å². The summed E-state index contributed by atoms with van der Waals surface area (Å²) in [6.07, 6.45) is 1.59. The molecule has 0 bridgehead atoms. The highest BCUT2D eigenvalue weighted by atomic mass is 127. The number of hydrazone groups is 1. The van der Waals surface area contributed by atoms with Gasteiger partial charge in [0.25, 0.3) is 5.91 Å². The predicted octanol–water partition coefficient (Wildman–Crippen LogP) is 5.50. The molecule has 0 saturated carbocycles. The van der Waals surface area contributed by atoms with Gasteiger partial charge in [0, 0.05) is 9.26 Å². The molecule has 0 saturated heterocycles. The summed E-state index contributed by atoms with van der Waals surface area (Å²) < 4.78 is 7.84. The minimum absolute atomic E-state index is 0.146. The molecule has 0 aliphatic carbocycles. The van der Waals surface area contributed by atoms with E-state index in [1.807, 2.05) is 42.5 Å². The number of anilines is 1. The molecule has 0 aliphatic heterocycles. The van der Waals surface area contributed by atoms with E-state index in [0.29, 0.717) is 6.61 Å². The van der Waals surface area contributed by atoms with Crippen molar-refractivity contribution in [1.29, 1.82) is 0 Å². The highest BCUT2D eigenvalue weighted by molar-refractivity contribution is 14.1. The zero-order chi connectivity index (χ0) is 21.3. The number of amides is 1. The second-order valence-electron chi connectivity index (χ2n) is 6.62. The molecule has 154 valence electrons. The van der Waals surface area contributed by atoms with Crippen LogP contribution < -0.4 is 15.5 Å². The Morgan fingerprint density at radius 3 is 2.53 bits per heavy atom. The van der Waals surface area contributed by atoms with Crippen LogP contribution in [0.2, 0.25) is 0 Å². The Bertz CT molecular complexity index is 1020. The molecule has 0 aromatic heterocycles. The van der Waals surface area contributed by atoms with Crippen molar-refractivity contribution in [2.24, 2.45) is 5.10 Å². The number of carbonyl (C=O) groups excluding carboxylic acids is 1. The first kappa shape index (κ1) is 22.3. The van der Waals surface area contributed by atoms with E-state index < -0.39 is 0 Å². The maximum atomic E-state index is 11.9. The lowest BCUT2D eigenvalue weighted by atomic mass is 10.2. The average molecular weight is 578 g/mol. The standard InChI is InChI=1S/C23H21BrIN3O2/c1-16-2-4-17(5-3-16)15-30-22-11-6-18(12-21(22)24)13-27-28-23(29)14-26-20-9-7-19(25)8-10-20/h2-13,26H,14-15H2,1H3,(H,28,29)/b27-13-. The van der Waals surface area contributed by atoms with Crippen LogP contribution in [0.25, 0.3) is 0 Å². The maximum Gasteiger partial charge on any atom is 0.259 e. The minimum atomic E-state index is -0.220. The third kappa shape index (κ3) is 7.14. The molecule has 0 aliphatic rings. The van der Waals surface area contributed by atoms with Crippen molar-refractivity contribution in [1.82, 2.24) is 5.43 Å². The number of nitrogens with one attached hydrogen (secondary N) is 2. The molecular weight excluding hydrogens is 557 g/mol. The van der Waals surface area contributed by atoms with Gasteiger partial charge >= 0.3 is 0 Å². The van der Waals surface area contributed by atoms with Crippen LogP contribution in [-0.2, 0) is 11.4 Å². The molecule has 2 N–H and O–H groups in total. The van der Waals surface area contributed by atoms with Gasteiger partial charge in [-0.3, -0.25) is 4.79 Å². The fourth-order valence-electron chi connectivity index (χ4n) is 2.53. The molecule has 3 aromatic rings. The van der Waals surface area contributed by atoms with Crippen molar-refractivity contribution in [2.45, 2.75) is 13.5 Å². The summed E-state index contributed by atoms with van der Waals surface area (Å²) in [7, 11) is 0. The summed E-state index contributed by atoms with van der Waals surface area (Å²) in [6.45, 7) is 2.70. The first-order valence-electron chi connectivity index (χ1n) is 9.29. The van der Waals surface area contributed by atoms with Crippen molar-refractivity contribution < 1.29 is 9.53 Å². The number of nitrogens with zero attached hydrogens (tertiary/aromatic N) is 1. The lowest BCUT2D eigenvalue weighted by Crippen LogP contribution is -2.25. The fourth-order valence-corrected chi connectivity index (χ4v) is 3.40. The molecule has 30 heavy (non-hydrogen) atoms. The average Bonchev–Trinajstić information content (AvgIpc) is 2.74. The summed E-state index contributed by atoms with van der Waals surface area (Å²) in [6, 6.07) is 21.7. The number of hydrogen-bond donors (Lipinski definition) is 2. The van der Waals surface area contributed by atoms with Gasteiger partial charge in [-0.05, 0) is 99.0 Å². The van der Waals surface area contributed by atoms with E-state index >= 15 is 0 Å². The van der Waals surface area contributed by atoms with E-state index in [1.165, 1.54) is 5.56 Å². The summed E-state index contributed by atoms with van der Waals surface area (Å²) in [4.78, 5) is 11.9. The van der Waals surface area contributed by atoms with Gasteiger partial charge in [-0.25, -0.2) is 5.43 Å². The van der Waals surface area contributed by atoms with E-state index in [0.717, 1.165) is 30.6 Å². The third-order valence-electron chi connectivity index (χ3n) is 4.17. The van der Waals surface area contributed by atoms with Crippen LogP contribution in [0.5, 0.6) is 5.75 Å². The van der Waals surface area contributed by atoms with Crippen molar-refractivity contribution in [3.8, 4) is 5.75 Å². The first-order valence-corrected chi connectivity index (χ1v) is 11.2. The number of carbonyl (C=O) groups is 1. The molecule has 7 heteroatoms. The van der Waals surface area contributed by atoms with E-state index in [-0.39, 0.29) is 12.5 Å². The monoisotopic (exact) mass is 577 g/mol. The van der Waals surface area contributed by atoms with Crippen molar-refractivity contribution >= 4 is 56.3 Å². The number of rotatable bonds is 8. The highest BCUT2D eigenvalue weighted by Crippen LogP contribution is 2.26. The molecule has 0 heterocycles. The largest absolute Gasteiger partial charge is 0.488 e. The molecule has 3 aromatic carbocycles. The van der Waals surface area contributed by atoms with E-state index in [4.69, 9.17) is 4.74 Å². The van der Waals surface area contributed by atoms with Crippen LogP contribution in [0.1, 0.15) is 16.7 Å². The number of halogens is 2. The zero-order valence-electron chi connectivity index (χ0n) is 16.4. The van der Waals surface area contributed by atoms with E-state index in [1.54, 1.807) is 6.21 Å². The quantitative estimate of drug-likeness (QED) is 0.211. The second kappa shape index (κ2) is 11.1. The second-order valence-corrected chi connectivity index (χ2v) is 8.72. The van der Waals surface area contributed by atoms with Crippen LogP contribution in [-0.4, -0.2) is 18.7 Å². The van der Waals surface area contributed by atoms with Crippen molar-refractivity contribution in [3.63, 3.8) is 0 Å². The van der Waals surface area contributed by atoms with E-state index in [9.17, 15) is 4.79 Å². The molecule has 0 radical (unpaired) electrons. The normalized spacial score (nSPS) is 10.8. The summed E-state index contributed by atoms with van der Waals surface area (Å²) >= 11 is 5.76. The van der Waals surface area contributed by atoms with Crippen LogP contribution in [0.3, 0.4) is 0 Å². The van der Waals surface area contributed by atoms with Gasteiger partial charge < -0.3 is 10.1 Å². The van der Waals surface area contributed by atoms with Gasteiger partial charge in [0.1, 0.15) is 12.4 Å². The Hall–Kier alpha value is -2.39. The Balaban J connectivity index is 1.47. The van der Waals surface area contributed by atoms with Gasteiger partial charge in [0.05, 0.1) is 17.2 Å². The lowest BCUT2D eigenvalue weighted by Gasteiger charge is -2.09. The number of hydrogen-bond acceptors (Lipinski definition) is 4. The number of benzene rings is 3. The van der Waals surface area contributed by atoms with Gasteiger partial charge in [0.2, 0.25) is 0 Å². The third-order valence-corrected chi connectivity index (χ3v) is 5.51. The highest BCUT2D eigenvalue weighted by Gasteiger charge is 2.04. The van der Waals surface area contributed by atoms with E-state index in [2.05, 4.69) is 85.6 Å². The molecule has 0 fully saturated rings. The summed E-state index contributed by atoms with van der Waals surface area (Å²) in [5.74, 6) is 0.528. The van der Waals surface area contributed by atoms with Crippen LogP contribution >= 0.6 is 38.5 Å². The maximum absolute atomic E-state index is 11.9. The van der Waals surface area contributed by atoms with Crippen molar-refractivity contribution in [3.05, 3.63) is 91.5 Å². The molecular formula is C23H21BrIN3O2. The number of aryl methyl sites for hydroxylation is 1. The minimum Gasteiger partial charge on any atom is -0.488 e. The molecule has 3 rings (SSSR count). The number of ether oxygens (including phenoxy) is 1. The van der Waals surface area contributed by atoms with Gasteiger partial charge in [-0.2, -0.15) is 5.10 Å². The molecule has 0 unspecified atom stereocenters. The Morgan fingerprint density at radius 1 is 1.10 bits per heavy atom.